The van der Waals surface area contributed by atoms with Gasteiger partial charge < -0.3 is 0 Å². The van der Waals surface area contributed by atoms with Gasteiger partial charge in [0.05, 0.1) is 5.69 Å². The maximum absolute atomic E-state index is 13.2. The number of benzene rings is 1. The van der Waals surface area contributed by atoms with Crippen LogP contribution in [0, 0.1) is 5.82 Å². The number of rotatable bonds is 2. The zero-order valence-electron chi connectivity index (χ0n) is 10.8. The third kappa shape index (κ3) is 2.43. The smallest absolute Gasteiger partial charge is 0.296 e. The SMILES string of the molecule is O=Cc1cc2nc(-c3ccc(F)cc3)cc(C(F)(F)F)n2n1. The minimum absolute atomic E-state index is 0.0113. The highest BCUT2D eigenvalue weighted by molar-refractivity contribution is 5.75. The Morgan fingerprint density at radius 3 is 2.36 bits per heavy atom. The summed E-state index contributed by atoms with van der Waals surface area (Å²) < 4.78 is 52.9. The Morgan fingerprint density at radius 1 is 1.09 bits per heavy atom. The molecule has 0 amide bonds. The molecule has 0 saturated heterocycles. The maximum atomic E-state index is 13.2. The zero-order valence-corrected chi connectivity index (χ0v) is 10.8. The summed E-state index contributed by atoms with van der Waals surface area (Å²) in [5.41, 5.74) is -1.00. The van der Waals surface area contributed by atoms with Crippen molar-refractivity contribution in [2.45, 2.75) is 6.18 Å². The lowest BCUT2D eigenvalue weighted by Gasteiger charge is -2.10. The Balaban J connectivity index is 2.28. The van der Waals surface area contributed by atoms with Crippen LogP contribution in [0.25, 0.3) is 16.9 Å². The van der Waals surface area contributed by atoms with E-state index in [0.717, 1.165) is 24.3 Å². The van der Waals surface area contributed by atoms with Gasteiger partial charge in [0.25, 0.3) is 0 Å². The molecule has 3 aromatic rings. The van der Waals surface area contributed by atoms with E-state index >= 15 is 0 Å². The topological polar surface area (TPSA) is 47.3 Å². The van der Waals surface area contributed by atoms with Gasteiger partial charge in [-0.15, -0.1) is 0 Å². The molecule has 0 N–H and O–H groups in total. The third-order valence-corrected chi connectivity index (χ3v) is 3.00. The number of aldehydes is 1. The first kappa shape index (κ1) is 14.2. The van der Waals surface area contributed by atoms with Crippen LogP contribution in [0.15, 0.2) is 36.4 Å². The van der Waals surface area contributed by atoms with Gasteiger partial charge in [0, 0.05) is 11.6 Å². The Morgan fingerprint density at radius 2 is 1.77 bits per heavy atom. The summed E-state index contributed by atoms with van der Waals surface area (Å²) in [6.45, 7) is 0. The van der Waals surface area contributed by atoms with Gasteiger partial charge in [-0.1, -0.05) is 0 Å². The van der Waals surface area contributed by atoms with E-state index in [4.69, 9.17) is 0 Å². The number of carbonyl (C=O) groups is 1. The molecule has 0 radical (unpaired) electrons. The van der Waals surface area contributed by atoms with Crippen molar-refractivity contribution >= 4 is 11.9 Å². The predicted octanol–water partition coefficient (Wildman–Crippen LogP) is 3.37. The van der Waals surface area contributed by atoms with Crippen LogP contribution in [-0.2, 0) is 6.18 Å². The molecule has 0 aliphatic heterocycles. The van der Waals surface area contributed by atoms with E-state index in [9.17, 15) is 22.4 Å². The molecule has 3 rings (SSSR count). The normalized spacial score (nSPS) is 11.8. The summed E-state index contributed by atoms with van der Waals surface area (Å²) in [7, 11) is 0. The number of halogens is 4. The fraction of sp³-hybridized carbons (Fsp3) is 0.0714. The van der Waals surface area contributed by atoms with Crippen LogP contribution in [0.2, 0.25) is 0 Å². The van der Waals surface area contributed by atoms with Crippen molar-refractivity contribution in [2.75, 3.05) is 0 Å². The lowest BCUT2D eigenvalue weighted by Crippen LogP contribution is -2.13. The van der Waals surface area contributed by atoms with Crippen LogP contribution in [-0.4, -0.2) is 20.9 Å². The molecule has 2 heterocycles. The fourth-order valence-corrected chi connectivity index (χ4v) is 2.02. The monoisotopic (exact) mass is 309 g/mol. The summed E-state index contributed by atoms with van der Waals surface area (Å²) in [4.78, 5) is 14.7. The van der Waals surface area contributed by atoms with Gasteiger partial charge in [0.2, 0.25) is 0 Å². The molecule has 0 saturated carbocycles. The fourth-order valence-electron chi connectivity index (χ4n) is 2.02. The van der Waals surface area contributed by atoms with E-state index in [-0.39, 0.29) is 17.0 Å². The van der Waals surface area contributed by atoms with E-state index in [1.54, 1.807) is 0 Å². The largest absolute Gasteiger partial charge is 0.433 e. The maximum Gasteiger partial charge on any atom is 0.433 e. The van der Waals surface area contributed by atoms with E-state index in [0.29, 0.717) is 16.4 Å². The van der Waals surface area contributed by atoms with Crippen molar-refractivity contribution in [3.63, 3.8) is 0 Å². The highest BCUT2D eigenvalue weighted by Crippen LogP contribution is 2.32. The lowest BCUT2D eigenvalue weighted by molar-refractivity contribution is -0.142. The van der Waals surface area contributed by atoms with Crippen molar-refractivity contribution < 1.29 is 22.4 Å². The first-order chi connectivity index (χ1) is 10.4. The van der Waals surface area contributed by atoms with Crippen LogP contribution in [0.1, 0.15) is 16.2 Å². The molecule has 0 aliphatic carbocycles. The number of aromatic nitrogens is 3. The lowest BCUT2D eigenvalue weighted by atomic mass is 10.1. The van der Waals surface area contributed by atoms with Gasteiger partial charge in [0.15, 0.2) is 17.6 Å². The second-order valence-electron chi connectivity index (χ2n) is 4.49. The molecule has 4 nitrogen and oxygen atoms in total. The number of alkyl halides is 3. The van der Waals surface area contributed by atoms with Gasteiger partial charge in [-0.25, -0.2) is 13.9 Å². The first-order valence-electron chi connectivity index (χ1n) is 6.07. The van der Waals surface area contributed by atoms with Crippen LogP contribution < -0.4 is 0 Å². The van der Waals surface area contributed by atoms with Crippen LogP contribution in [0.3, 0.4) is 0 Å². The molecule has 1 aromatic carbocycles. The predicted molar refractivity (Wildman–Crippen MR) is 68.8 cm³/mol. The van der Waals surface area contributed by atoms with Gasteiger partial charge in [-0.05, 0) is 30.3 Å². The number of hydrogen-bond donors (Lipinski definition) is 0. The van der Waals surface area contributed by atoms with Crippen LogP contribution in [0.5, 0.6) is 0 Å². The van der Waals surface area contributed by atoms with Crippen molar-refractivity contribution in [3.05, 3.63) is 53.6 Å². The summed E-state index contributed by atoms with van der Waals surface area (Å²) in [5, 5.41) is 3.55. The van der Waals surface area contributed by atoms with Crippen LogP contribution in [0.4, 0.5) is 17.6 Å². The number of fused-ring (bicyclic) bond motifs is 1. The van der Waals surface area contributed by atoms with Gasteiger partial charge in [0.1, 0.15) is 11.5 Å². The highest BCUT2D eigenvalue weighted by Gasteiger charge is 2.35. The molecular weight excluding hydrogens is 302 g/mol. The molecule has 0 bridgehead atoms. The van der Waals surface area contributed by atoms with Gasteiger partial charge >= 0.3 is 6.18 Å². The van der Waals surface area contributed by atoms with Gasteiger partial charge in [-0.3, -0.25) is 4.79 Å². The Labute approximate surface area is 121 Å². The third-order valence-electron chi connectivity index (χ3n) is 3.00. The molecule has 22 heavy (non-hydrogen) atoms. The van der Waals surface area contributed by atoms with Gasteiger partial charge in [-0.2, -0.15) is 18.3 Å². The van der Waals surface area contributed by atoms with E-state index < -0.39 is 17.7 Å². The molecule has 0 fully saturated rings. The van der Waals surface area contributed by atoms with Crippen molar-refractivity contribution in [2.24, 2.45) is 0 Å². The average molecular weight is 309 g/mol. The van der Waals surface area contributed by atoms with E-state index in [1.807, 2.05) is 0 Å². The summed E-state index contributed by atoms with van der Waals surface area (Å²) in [6.07, 6.45) is -4.34. The Bertz CT molecular complexity index is 853. The zero-order chi connectivity index (χ0) is 15.9. The standard InChI is InChI=1S/C14H7F4N3O/c15-9-3-1-8(2-4-9)11-6-12(14(16,17)18)21-13(19-11)5-10(7-22)20-21/h1-7H. The number of nitrogens with zero attached hydrogens (tertiary/aromatic N) is 3. The van der Waals surface area contributed by atoms with Crippen LogP contribution >= 0.6 is 0 Å². The van der Waals surface area contributed by atoms with E-state index in [2.05, 4.69) is 10.1 Å². The van der Waals surface area contributed by atoms with Crippen molar-refractivity contribution in [1.29, 1.82) is 0 Å². The second-order valence-corrected chi connectivity index (χ2v) is 4.49. The molecule has 0 unspecified atom stereocenters. The average Bonchev–Trinajstić information content (AvgIpc) is 2.88. The molecule has 112 valence electrons. The van der Waals surface area contributed by atoms with Crippen molar-refractivity contribution in [1.82, 2.24) is 14.6 Å². The summed E-state index contributed by atoms with van der Waals surface area (Å²) >= 11 is 0. The summed E-state index contributed by atoms with van der Waals surface area (Å²) in [6, 6.07) is 6.86. The molecule has 0 spiro atoms. The summed E-state index contributed by atoms with van der Waals surface area (Å²) in [5.74, 6) is -0.506. The Hall–Kier alpha value is -2.77. The van der Waals surface area contributed by atoms with E-state index in [1.165, 1.54) is 12.1 Å². The minimum atomic E-state index is -4.68. The molecular formula is C14H7F4N3O. The molecule has 0 atom stereocenters. The second kappa shape index (κ2) is 4.90. The quantitative estimate of drug-likeness (QED) is 0.538. The Kier molecular flexibility index (Phi) is 3.16. The first-order valence-corrected chi connectivity index (χ1v) is 6.07. The highest BCUT2D eigenvalue weighted by atomic mass is 19.4. The number of hydrogen-bond acceptors (Lipinski definition) is 3. The minimum Gasteiger partial charge on any atom is -0.296 e. The molecule has 2 aromatic heterocycles. The molecule has 8 heteroatoms. The number of carbonyl (C=O) groups excluding carboxylic acids is 1. The molecule has 0 aliphatic rings. The van der Waals surface area contributed by atoms with Crippen molar-refractivity contribution in [3.8, 4) is 11.3 Å².